The van der Waals surface area contributed by atoms with Crippen molar-refractivity contribution in [1.82, 2.24) is 0 Å². The summed E-state index contributed by atoms with van der Waals surface area (Å²) >= 11 is 0. The van der Waals surface area contributed by atoms with Gasteiger partial charge in [0.1, 0.15) is 17.5 Å². The van der Waals surface area contributed by atoms with E-state index in [1.165, 1.54) is 26.2 Å². The summed E-state index contributed by atoms with van der Waals surface area (Å²) in [6, 6.07) is 0. The molecule has 0 bridgehead atoms. The number of esters is 1. The van der Waals surface area contributed by atoms with Crippen molar-refractivity contribution in [3.8, 4) is 0 Å². The molecule has 1 aliphatic heterocycles. The van der Waals surface area contributed by atoms with E-state index in [1.54, 1.807) is 6.92 Å². The van der Waals surface area contributed by atoms with Gasteiger partial charge >= 0.3 is 5.97 Å². The number of hydrogen-bond acceptors (Lipinski definition) is 4. The predicted molar refractivity (Wildman–Crippen MR) is 101 cm³/mol. The highest BCUT2D eigenvalue weighted by Crippen LogP contribution is 2.74. The first-order valence-electron chi connectivity index (χ1n) is 11.1. The first-order chi connectivity index (χ1) is 12.7. The average molecular weight is 375 g/mol. The normalized spacial score (nSPS) is 55.6. The van der Waals surface area contributed by atoms with Gasteiger partial charge in [-0.3, -0.25) is 9.59 Å². The molecule has 0 amide bonds. The Bertz CT molecular complexity index is 688. The Kier molecular flexibility index (Phi) is 3.75. The summed E-state index contributed by atoms with van der Waals surface area (Å²) in [6.07, 6.45) is 9.18. The number of carbonyl (C=O) groups excluding carboxylic acids is 2. The number of Topliss-reactive ketones (excluding diaryl/α,β-unsaturated/α-hetero) is 1. The molecule has 2 unspecified atom stereocenters. The van der Waals surface area contributed by atoms with Crippen molar-refractivity contribution in [1.29, 1.82) is 0 Å². The molecule has 1 heterocycles. The van der Waals surface area contributed by atoms with Crippen LogP contribution in [0.3, 0.4) is 0 Å². The molecular weight excluding hydrogens is 340 g/mol. The van der Waals surface area contributed by atoms with Crippen molar-refractivity contribution < 1.29 is 19.1 Å². The summed E-state index contributed by atoms with van der Waals surface area (Å²) < 4.78 is 12.1. The van der Waals surface area contributed by atoms with E-state index in [1.807, 2.05) is 0 Å². The maximum Gasteiger partial charge on any atom is 0.302 e. The van der Waals surface area contributed by atoms with Gasteiger partial charge in [-0.15, -0.1) is 0 Å². The SMILES string of the molecule is CC(=O)OC1CC[C@]2(C)[C@H]3CC[C@]4(C)[C@@H](C(C)=O)CC[C@H]4[C@@H]3CC3O[C@@]32C1. The Labute approximate surface area is 162 Å². The predicted octanol–water partition coefficient (Wildman–Crippen LogP) is 4.30. The third-order valence-electron chi connectivity index (χ3n) is 9.86. The van der Waals surface area contributed by atoms with Gasteiger partial charge in [-0.2, -0.15) is 0 Å². The van der Waals surface area contributed by atoms with Crippen molar-refractivity contribution in [2.75, 3.05) is 0 Å². The molecule has 0 aromatic heterocycles. The van der Waals surface area contributed by atoms with Crippen LogP contribution in [0.15, 0.2) is 0 Å². The lowest BCUT2D eigenvalue weighted by molar-refractivity contribution is -0.158. The quantitative estimate of drug-likeness (QED) is 0.534. The van der Waals surface area contributed by atoms with Gasteiger partial charge in [-0.25, -0.2) is 0 Å². The molecule has 9 atom stereocenters. The molecule has 0 radical (unpaired) electrons. The van der Waals surface area contributed by atoms with Crippen molar-refractivity contribution in [3.63, 3.8) is 0 Å². The molecule has 1 spiro atoms. The van der Waals surface area contributed by atoms with E-state index in [0.717, 1.165) is 32.1 Å². The van der Waals surface area contributed by atoms with Crippen molar-refractivity contribution in [2.45, 2.75) is 96.9 Å². The van der Waals surface area contributed by atoms with E-state index in [0.29, 0.717) is 29.6 Å². The van der Waals surface area contributed by atoms with Crippen LogP contribution in [0.4, 0.5) is 0 Å². The van der Waals surface area contributed by atoms with Gasteiger partial charge in [0, 0.05) is 24.7 Å². The Hall–Kier alpha value is -0.900. The average Bonchev–Trinajstić information content (AvgIpc) is 3.15. The fourth-order valence-corrected chi connectivity index (χ4v) is 8.64. The lowest BCUT2D eigenvalue weighted by Gasteiger charge is -2.59. The van der Waals surface area contributed by atoms with Crippen molar-refractivity contribution in [3.05, 3.63) is 0 Å². The summed E-state index contributed by atoms with van der Waals surface area (Å²) in [6.45, 7) is 8.19. The molecular formula is C23H34O4. The monoisotopic (exact) mass is 374 g/mol. The van der Waals surface area contributed by atoms with Crippen LogP contribution in [0.1, 0.15) is 79.1 Å². The lowest BCUT2D eigenvalue weighted by atomic mass is 9.44. The molecule has 5 aliphatic rings. The van der Waals surface area contributed by atoms with Crippen LogP contribution in [-0.2, 0) is 19.1 Å². The van der Waals surface area contributed by atoms with Crippen LogP contribution < -0.4 is 0 Å². The molecule has 0 aromatic rings. The second kappa shape index (κ2) is 5.58. The van der Waals surface area contributed by atoms with Crippen LogP contribution in [0.2, 0.25) is 0 Å². The summed E-state index contributed by atoms with van der Waals surface area (Å²) in [5.41, 5.74) is 0.346. The fourth-order valence-electron chi connectivity index (χ4n) is 8.64. The number of ketones is 1. The largest absolute Gasteiger partial charge is 0.462 e. The van der Waals surface area contributed by atoms with Gasteiger partial charge in [0.15, 0.2) is 0 Å². The van der Waals surface area contributed by atoms with E-state index in [4.69, 9.17) is 9.47 Å². The van der Waals surface area contributed by atoms with Crippen LogP contribution in [0, 0.1) is 34.5 Å². The minimum Gasteiger partial charge on any atom is -0.462 e. The maximum atomic E-state index is 12.3. The topological polar surface area (TPSA) is 55.9 Å². The zero-order chi connectivity index (χ0) is 19.2. The smallest absolute Gasteiger partial charge is 0.302 e. The summed E-state index contributed by atoms with van der Waals surface area (Å²) in [7, 11) is 0. The molecule has 4 saturated carbocycles. The van der Waals surface area contributed by atoms with Gasteiger partial charge in [0.2, 0.25) is 0 Å². The van der Waals surface area contributed by atoms with Gasteiger partial charge in [0.05, 0.1) is 6.10 Å². The minimum atomic E-state index is -0.166. The number of fused-ring (bicyclic) bond motifs is 4. The fraction of sp³-hybridized carbons (Fsp3) is 0.913. The molecule has 5 rings (SSSR count). The molecule has 4 nitrogen and oxygen atoms in total. The van der Waals surface area contributed by atoms with Gasteiger partial charge in [-0.05, 0) is 75.0 Å². The zero-order valence-electron chi connectivity index (χ0n) is 17.3. The molecule has 27 heavy (non-hydrogen) atoms. The first-order valence-corrected chi connectivity index (χ1v) is 11.1. The Morgan fingerprint density at radius 2 is 1.78 bits per heavy atom. The molecule has 150 valence electrons. The zero-order valence-corrected chi connectivity index (χ0v) is 17.3. The summed E-state index contributed by atoms with van der Waals surface area (Å²) in [4.78, 5) is 23.7. The standard InChI is InChI=1S/C23H34O4/c1-13(24)17-5-6-18-16-11-20-23(27-20)12-15(26-14(2)25)7-10-22(23,4)19(16)8-9-21(17,18)3/h15-20H,5-12H2,1-4H3/t15?,16-,17+,18-,19-,20?,21+,22+,23-/m0/s1. The van der Waals surface area contributed by atoms with E-state index in [2.05, 4.69) is 13.8 Å². The Balaban J connectivity index is 1.42. The Morgan fingerprint density at radius 3 is 2.48 bits per heavy atom. The number of ether oxygens (including phenoxy) is 2. The van der Waals surface area contributed by atoms with E-state index < -0.39 is 0 Å². The number of rotatable bonds is 2. The molecule has 4 heteroatoms. The van der Waals surface area contributed by atoms with E-state index in [9.17, 15) is 9.59 Å². The molecule has 4 aliphatic carbocycles. The summed E-state index contributed by atoms with van der Waals surface area (Å²) in [5.74, 6) is 2.57. The van der Waals surface area contributed by atoms with Crippen LogP contribution >= 0.6 is 0 Å². The molecule has 5 fully saturated rings. The van der Waals surface area contributed by atoms with Crippen LogP contribution in [0.25, 0.3) is 0 Å². The molecule has 0 N–H and O–H groups in total. The highest BCUT2D eigenvalue weighted by Gasteiger charge is 2.76. The first kappa shape index (κ1) is 18.1. The van der Waals surface area contributed by atoms with Gasteiger partial charge < -0.3 is 9.47 Å². The third-order valence-corrected chi connectivity index (χ3v) is 9.86. The highest BCUT2D eigenvalue weighted by molar-refractivity contribution is 5.79. The highest BCUT2D eigenvalue weighted by atomic mass is 16.6. The Morgan fingerprint density at radius 1 is 1.00 bits per heavy atom. The van der Waals surface area contributed by atoms with Gasteiger partial charge in [-0.1, -0.05) is 13.8 Å². The second-order valence-corrected chi connectivity index (χ2v) is 10.8. The van der Waals surface area contributed by atoms with Crippen LogP contribution in [0.5, 0.6) is 0 Å². The maximum absolute atomic E-state index is 12.3. The number of epoxide rings is 1. The van der Waals surface area contributed by atoms with Crippen molar-refractivity contribution >= 4 is 11.8 Å². The van der Waals surface area contributed by atoms with E-state index in [-0.39, 0.29) is 34.4 Å². The summed E-state index contributed by atoms with van der Waals surface area (Å²) in [5, 5.41) is 0. The van der Waals surface area contributed by atoms with Gasteiger partial charge in [0.25, 0.3) is 0 Å². The minimum absolute atomic E-state index is 0.0274. The number of hydrogen-bond donors (Lipinski definition) is 0. The van der Waals surface area contributed by atoms with E-state index >= 15 is 0 Å². The van der Waals surface area contributed by atoms with Crippen LogP contribution in [-0.4, -0.2) is 29.6 Å². The number of carbonyl (C=O) groups is 2. The lowest BCUT2D eigenvalue weighted by Crippen LogP contribution is -2.59. The molecule has 0 aromatic carbocycles. The third kappa shape index (κ3) is 2.25. The second-order valence-electron chi connectivity index (χ2n) is 10.8. The van der Waals surface area contributed by atoms with Crippen molar-refractivity contribution in [2.24, 2.45) is 34.5 Å². The molecule has 1 saturated heterocycles.